The summed E-state index contributed by atoms with van der Waals surface area (Å²) in [4.78, 5) is 35.3. The molecule has 3 heterocycles. The molecule has 39 heavy (non-hydrogen) atoms. The van der Waals surface area contributed by atoms with Crippen LogP contribution in [0.5, 0.6) is 0 Å². The van der Waals surface area contributed by atoms with Gasteiger partial charge < -0.3 is 19.5 Å². The summed E-state index contributed by atoms with van der Waals surface area (Å²) >= 11 is 0. The van der Waals surface area contributed by atoms with Crippen LogP contribution < -0.4 is 10.2 Å². The van der Waals surface area contributed by atoms with Crippen LogP contribution in [0.15, 0.2) is 73.2 Å². The Labute approximate surface area is 223 Å². The molecule has 1 N–H and O–H groups in total. The van der Waals surface area contributed by atoms with Crippen molar-refractivity contribution in [2.75, 3.05) is 37.7 Å². The van der Waals surface area contributed by atoms with Gasteiger partial charge in [-0.3, -0.25) is 9.59 Å². The summed E-state index contributed by atoms with van der Waals surface area (Å²) in [7, 11) is 0. The van der Waals surface area contributed by atoms with E-state index in [-0.39, 0.29) is 18.2 Å². The molecule has 4 rings (SSSR count). The maximum absolute atomic E-state index is 13.1. The molecule has 0 bridgehead atoms. The highest BCUT2D eigenvalue weighted by Crippen LogP contribution is 2.31. The SMILES string of the molecule is CCn1ccnc1C(=O)CNC(=O)/C=C/C=C(\c1ccc(C(F)(F)F)cc1)c1ccc(N2CCOCC2)nc1. The summed E-state index contributed by atoms with van der Waals surface area (Å²) in [5.41, 5.74) is 1.01. The number of benzene rings is 1. The van der Waals surface area contributed by atoms with Gasteiger partial charge in [-0.1, -0.05) is 24.3 Å². The molecule has 1 amide bonds. The van der Waals surface area contributed by atoms with Gasteiger partial charge in [0.1, 0.15) is 5.82 Å². The molecule has 1 aliphatic heterocycles. The molecule has 204 valence electrons. The topological polar surface area (TPSA) is 89.4 Å². The number of allylic oxidation sites excluding steroid dienone is 2. The lowest BCUT2D eigenvalue weighted by atomic mass is 9.97. The van der Waals surface area contributed by atoms with Crippen molar-refractivity contribution >= 4 is 23.1 Å². The minimum atomic E-state index is -4.45. The van der Waals surface area contributed by atoms with E-state index in [0.29, 0.717) is 49.5 Å². The number of carbonyl (C=O) groups is 2. The third kappa shape index (κ3) is 7.20. The summed E-state index contributed by atoms with van der Waals surface area (Å²) < 4.78 is 46.3. The first-order valence-corrected chi connectivity index (χ1v) is 12.4. The Balaban J connectivity index is 1.52. The molecule has 1 aliphatic rings. The van der Waals surface area contributed by atoms with E-state index in [2.05, 4.69) is 20.2 Å². The number of anilines is 1. The van der Waals surface area contributed by atoms with Crippen molar-refractivity contribution < 1.29 is 27.5 Å². The Kier molecular flexibility index (Phi) is 8.92. The number of amides is 1. The average Bonchev–Trinajstić information content (AvgIpc) is 3.44. The maximum atomic E-state index is 13.1. The van der Waals surface area contributed by atoms with E-state index in [1.165, 1.54) is 30.5 Å². The van der Waals surface area contributed by atoms with E-state index in [0.717, 1.165) is 18.0 Å². The van der Waals surface area contributed by atoms with Gasteiger partial charge >= 0.3 is 6.18 Å². The van der Waals surface area contributed by atoms with Gasteiger partial charge in [0.2, 0.25) is 11.7 Å². The minimum absolute atomic E-state index is 0.220. The monoisotopic (exact) mass is 539 g/mol. The Bertz CT molecular complexity index is 1340. The number of aryl methyl sites for hydroxylation is 1. The number of nitrogens with one attached hydrogen (secondary N) is 1. The molecule has 1 saturated heterocycles. The molecule has 1 fully saturated rings. The zero-order valence-corrected chi connectivity index (χ0v) is 21.3. The largest absolute Gasteiger partial charge is 0.416 e. The number of ether oxygens (including phenoxy) is 1. The number of rotatable bonds is 9. The Morgan fingerprint density at radius 2 is 1.77 bits per heavy atom. The number of imidazole rings is 1. The molecular formula is C28H28F3N5O3. The second-order valence-corrected chi connectivity index (χ2v) is 8.70. The number of alkyl halides is 3. The van der Waals surface area contributed by atoms with Gasteiger partial charge in [0.05, 0.1) is 25.3 Å². The number of hydrogen-bond donors (Lipinski definition) is 1. The number of halogens is 3. The van der Waals surface area contributed by atoms with Crippen LogP contribution in [0.25, 0.3) is 5.57 Å². The second kappa shape index (κ2) is 12.5. The van der Waals surface area contributed by atoms with Crippen LogP contribution in [-0.4, -0.2) is 59.1 Å². The number of nitrogens with zero attached hydrogens (tertiary/aromatic N) is 4. The number of hydrogen-bond acceptors (Lipinski definition) is 6. The molecule has 0 atom stereocenters. The van der Waals surface area contributed by atoms with Crippen LogP contribution in [-0.2, 0) is 22.3 Å². The van der Waals surface area contributed by atoms with E-state index in [1.807, 2.05) is 19.1 Å². The van der Waals surface area contributed by atoms with Crippen molar-refractivity contribution in [3.63, 3.8) is 0 Å². The van der Waals surface area contributed by atoms with Crippen LogP contribution >= 0.6 is 0 Å². The van der Waals surface area contributed by atoms with E-state index < -0.39 is 17.6 Å². The maximum Gasteiger partial charge on any atom is 0.416 e. The van der Waals surface area contributed by atoms with E-state index in [4.69, 9.17) is 4.74 Å². The number of ketones is 1. The average molecular weight is 540 g/mol. The number of Topliss-reactive ketones (excluding diaryl/α,β-unsaturated/α-hetero) is 1. The quantitative estimate of drug-likeness (QED) is 0.250. The molecule has 8 nitrogen and oxygen atoms in total. The van der Waals surface area contributed by atoms with Crippen LogP contribution in [0.3, 0.4) is 0 Å². The number of carbonyl (C=O) groups excluding carboxylic acids is 2. The fraction of sp³-hybridized carbons (Fsp3) is 0.286. The number of aromatic nitrogens is 3. The first-order valence-electron chi connectivity index (χ1n) is 12.4. The van der Waals surface area contributed by atoms with Crippen molar-refractivity contribution in [1.82, 2.24) is 19.9 Å². The molecule has 0 spiro atoms. The molecular weight excluding hydrogens is 511 g/mol. The van der Waals surface area contributed by atoms with Crippen LogP contribution in [0.1, 0.15) is 34.2 Å². The van der Waals surface area contributed by atoms with E-state index in [1.54, 1.807) is 23.0 Å². The predicted octanol–water partition coefficient (Wildman–Crippen LogP) is 4.14. The van der Waals surface area contributed by atoms with Gasteiger partial charge in [0, 0.05) is 49.9 Å². The Morgan fingerprint density at radius 3 is 2.41 bits per heavy atom. The van der Waals surface area contributed by atoms with Gasteiger partial charge in [0.15, 0.2) is 5.82 Å². The lowest BCUT2D eigenvalue weighted by Gasteiger charge is -2.27. The first-order chi connectivity index (χ1) is 18.8. The zero-order valence-electron chi connectivity index (χ0n) is 21.3. The molecule has 0 unspecified atom stereocenters. The van der Waals surface area contributed by atoms with Gasteiger partial charge in [-0.05, 0) is 42.3 Å². The molecule has 2 aromatic heterocycles. The van der Waals surface area contributed by atoms with E-state index >= 15 is 0 Å². The minimum Gasteiger partial charge on any atom is -0.378 e. The highest BCUT2D eigenvalue weighted by molar-refractivity contribution is 5.98. The van der Waals surface area contributed by atoms with Crippen molar-refractivity contribution in [3.8, 4) is 0 Å². The van der Waals surface area contributed by atoms with Crippen LogP contribution in [0, 0.1) is 0 Å². The van der Waals surface area contributed by atoms with Gasteiger partial charge in [0.25, 0.3) is 0 Å². The molecule has 0 radical (unpaired) electrons. The van der Waals surface area contributed by atoms with Gasteiger partial charge in [-0.25, -0.2) is 9.97 Å². The fourth-order valence-electron chi connectivity index (χ4n) is 4.08. The zero-order chi connectivity index (χ0) is 27.8. The summed E-state index contributed by atoms with van der Waals surface area (Å²) in [6.07, 6.45) is 4.76. The number of morpholine rings is 1. The Hall–Kier alpha value is -4.25. The summed E-state index contributed by atoms with van der Waals surface area (Å²) in [5, 5.41) is 2.53. The Morgan fingerprint density at radius 1 is 1.05 bits per heavy atom. The third-order valence-corrected chi connectivity index (χ3v) is 6.16. The lowest BCUT2D eigenvalue weighted by Crippen LogP contribution is -2.36. The summed E-state index contributed by atoms with van der Waals surface area (Å²) in [6.45, 7) is 4.90. The van der Waals surface area contributed by atoms with Gasteiger partial charge in [-0.2, -0.15) is 13.2 Å². The van der Waals surface area contributed by atoms with Crippen molar-refractivity contribution in [1.29, 1.82) is 0 Å². The first kappa shape index (κ1) is 27.8. The second-order valence-electron chi connectivity index (χ2n) is 8.70. The van der Waals surface area contributed by atoms with E-state index in [9.17, 15) is 22.8 Å². The normalized spacial score (nSPS) is 14.6. The number of pyridine rings is 1. The molecule has 11 heteroatoms. The fourth-order valence-corrected chi connectivity index (χ4v) is 4.08. The van der Waals surface area contributed by atoms with Crippen molar-refractivity contribution in [2.24, 2.45) is 0 Å². The third-order valence-electron chi connectivity index (χ3n) is 6.16. The van der Waals surface area contributed by atoms with Gasteiger partial charge in [-0.15, -0.1) is 0 Å². The molecule has 1 aromatic carbocycles. The molecule has 0 saturated carbocycles. The summed E-state index contributed by atoms with van der Waals surface area (Å²) in [6, 6.07) is 8.48. The van der Waals surface area contributed by atoms with Crippen molar-refractivity contribution in [2.45, 2.75) is 19.6 Å². The highest BCUT2D eigenvalue weighted by atomic mass is 19.4. The lowest BCUT2D eigenvalue weighted by molar-refractivity contribution is -0.137. The van der Waals surface area contributed by atoms with Crippen molar-refractivity contribution in [3.05, 3.63) is 95.7 Å². The van der Waals surface area contributed by atoms with Crippen LogP contribution in [0.4, 0.5) is 19.0 Å². The van der Waals surface area contributed by atoms with Crippen LogP contribution in [0.2, 0.25) is 0 Å². The summed E-state index contributed by atoms with van der Waals surface area (Å²) in [5.74, 6) is 0.217. The molecule has 3 aromatic rings. The predicted molar refractivity (Wildman–Crippen MR) is 140 cm³/mol. The molecule has 0 aliphatic carbocycles. The smallest absolute Gasteiger partial charge is 0.378 e. The standard InChI is InChI=1S/C28H28F3N5O3/c1-2-35-13-12-32-27(35)24(37)19-34-26(38)5-3-4-23(20-6-9-22(10-7-20)28(29,30)31)21-8-11-25(33-18-21)36-14-16-39-17-15-36/h3-13,18H,2,14-17,19H2,1H3,(H,34,38)/b5-3+,23-4+. The highest BCUT2D eigenvalue weighted by Gasteiger charge is 2.30.